The summed E-state index contributed by atoms with van der Waals surface area (Å²) >= 11 is 0. The molecule has 6 heteroatoms. The molecule has 2 rings (SSSR count). The predicted octanol–water partition coefficient (Wildman–Crippen LogP) is 1.82. The largest absolute Gasteiger partial charge is 0.464 e. The molecule has 106 valence electrons. The van der Waals surface area contributed by atoms with E-state index in [0.717, 1.165) is 13.0 Å². The molecule has 0 amide bonds. The van der Waals surface area contributed by atoms with Crippen LogP contribution in [0.2, 0.25) is 0 Å². The second-order valence-corrected chi connectivity index (χ2v) is 4.34. The summed E-state index contributed by atoms with van der Waals surface area (Å²) in [6.45, 7) is 5.18. The molecule has 0 spiro atoms. The van der Waals surface area contributed by atoms with Gasteiger partial charge in [-0.25, -0.2) is 0 Å². The Morgan fingerprint density at radius 3 is 2.75 bits per heavy atom. The minimum absolute atomic E-state index is 0.154. The fraction of sp³-hybridized carbons (Fsp3) is 0.357. The Bertz CT molecular complexity index is 573. The molecule has 0 saturated carbocycles. The van der Waals surface area contributed by atoms with Gasteiger partial charge in [-0.05, 0) is 31.4 Å². The third-order valence-electron chi connectivity index (χ3n) is 2.84. The molecular weight excluding hydrogens is 254 g/mol. The number of rotatable bonds is 6. The van der Waals surface area contributed by atoms with Gasteiger partial charge in [0.15, 0.2) is 0 Å². The van der Waals surface area contributed by atoms with Gasteiger partial charge in [0.05, 0.1) is 6.61 Å². The highest BCUT2D eigenvalue weighted by Gasteiger charge is 2.05. The molecule has 0 radical (unpaired) electrons. The van der Waals surface area contributed by atoms with E-state index in [4.69, 9.17) is 10.5 Å². The van der Waals surface area contributed by atoms with Crippen LogP contribution in [0.25, 0.3) is 0 Å². The highest BCUT2D eigenvalue weighted by Crippen LogP contribution is 2.10. The van der Waals surface area contributed by atoms with Crippen LogP contribution < -0.4 is 15.8 Å². The Balaban J connectivity index is 1.95. The van der Waals surface area contributed by atoms with Crippen molar-refractivity contribution in [3.8, 4) is 6.01 Å². The minimum atomic E-state index is 0.154. The van der Waals surface area contributed by atoms with Crippen LogP contribution in [0.5, 0.6) is 6.01 Å². The summed E-state index contributed by atoms with van der Waals surface area (Å²) in [6.07, 6.45) is 0.891. The molecule has 0 aliphatic rings. The molecule has 1 aromatic heterocycles. The summed E-state index contributed by atoms with van der Waals surface area (Å²) in [6, 6.07) is 8.54. The van der Waals surface area contributed by atoms with Gasteiger partial charge in [-0.3, -0.25) is 0 Å². The monoisotopic (exact) mass is 273 g/mol. The van der Waals surface area contributed by atoms with Crippen molar-refractivity contribution >= 4 is 11.9 Å². The van der Waals surface area contributed by atoms with Gasteiger partial charge in [-0.2, -0.15) is 15.0 Å². The maximum atomic E-state index is 5.61. The van der Waals surface area contributed by atoms with Crippen molar-refractivity contribution in [3.63, 3.8) is 0 Å². The van der Waals surface area contributed by atoms with E-state index >= 15 is 0 Å². The number of nitrogens with zero attached hydrogens (tertiary/aromatic N) is 3. The molecule has 0 atom stereocenters. The number of nitrogens with one attached hydrogen (secondary N) is 1. The molecule has 0 aliphatic heterocycles. The Morgan fingerprint density at radius 2 is 2.00 bits per heavy atom. The van der Waals surface area contributed by atoms with Gasteiger partial charge in [-0.15, -0.1) is 0 Å². The zero-order valence-corrected chi connectivity index (χ0v) is 11.8. The quantitative estimate of drug-likeness (QED) is 0.835. The Labute approximate surface area is 118 Å². The van der Waals surface area contributed by atoms with Crippen LogP contribution in [-0.2, 0) is 6.42 Å². The maximum absolute atomic E-state index is 5.61. The smallest absolute Gasteiger partial charge is 0.323 e. The van der Waals surface area contributed by atoms with Crippen LogP contribution in [-0.4, -0.2) is 28.1 Å². The van der Waals surface area contributed by atoms with Gasteiger partial charge in [-0.1, -0.05) is 24.3 Å². The third kappa shape index (κ3) is 3.81. The Morgan fingerprint density at radius 1 is 1.20 bits per heavy atom. The normalized spacial score (nSPS) is 10.3. The second-order valence-electron chi connectivity index (χ2n) is 4.34. The van der Waals surface area contributed by atoms with E-state index in [1.165, 1.54) is 11.1 Å². The first-order valence-corrected chi connectivity index (χ1v) is 6.61. The fourth-order valence-electron chi connectivity index (χ4n) is 1.84. The molecule has 1 heterocycles. The van der Waals surface area contributed by atoms with Crippen molar-refractivity contribution in [2.45, 2.75) is 20.3 Å². The highest BCUT2D eigenvalue weighted by molar-refractivity contribution is 5.33. The van der Waals surface area contributed by atoms with E-state index in [2.05, 4.69) is 39.3 Å². The first-order chi connectivity index (χ1) is 9.69. The number of anilines is 2. The second kappa shape index (κ2) is 6.70. The molecule has 0 fully saturated rings. The maximum Gasteiger partial charge on any atom is 0.323 e. The highest BCUT2D eigenvalue weighted by atomic mass is 16.5. The number of benzene rings is 1. The van der Waals surface area contributed by atoms with E-state index in [0.29, 0.717) is 12.6 Å². The fourth-order valence-corrected chi connectivity index (χ4v) is 1.84. The summed E-state index contributed by atoms with van der Waals surface area (Å²) < 4.78 is 5.23. The molecule has 3 N–H and O–H groups in total. The summed E-state index contributed by atoms with van der Waals surface area (Å²) in [5.41, 5.74) is 8.19. The first kappa shape index (κ1) is 14.0. The van der Waals surface area contributed by atoms with Gasteiger partial charge in [0.2, 0.25) is 11.9 Å². The van der Waals surface area contributed by atoms with E-state index in [1.807, 2.05) is 19.1 Å². The average molecular weight is 273 g/mol. The summed E-state index contributed by atoms with van der Waals surface area (Å²) in [5, 5.41) is 3.14. The van der Waals surface area contributed by atoms with Crippen LogP contribution >= 0.6 is 0 Å². The minimum Gasteiger partial charge on any atom is -0.464 e. The van der Waals surface area contributed by atoms with Crippen molar-refractivity contribution in [3.05, 3.63) is 35.4 Å². The summed E-state index contributed by atoms with van der Waals surface area (Å²) in [5.74, 6) is 0.594. The van der Waals surface area contributed by atoms with Crippen molar-refractivity contribution in [1.29, 1.82) is 0 Å². The zero-order chi connectivity index (χ0) is 14.4. The van der Waals surface area contributed by atoms with Gasteiger partial charge >= 0.3 is 6.01 Å². The molecule has 0 bridgehead atoms. The lowest BCUT2D eigenvalue weighted by molar-refractivity contribution is 0.312. The van der Waals surface area contributed by atoms with Crippen molar-refractivity contribution in [1.82, 2.24) is 15.0 Å². The van der Waals surface area contributed by atoms with E-state index in [9.17, 15) is 0 Å². The number of aromatic nitrogens is 3. The van der Waals surface area contributed by atoms with Gasteiger partial charge < -0.3 is 15.8 Å². The molecule has 1 aromatic carbocycles. The topological polar surface area (TPSA) is 86.0 Å². The lowest BCUT2D eigenvalue weighted by Crippen LogP contribution is -2.12. The number of ether oxygens (including phenoxy) is 1. The summed E-state index contributed by atoms with van der Waals surface area (Å²) in [7, 11) is 0. The Kier molecular flexibility index (Phi) is 4.70. The molecule has 0 unspecified atom stereocenters. The van der Waals surface area contributed by atoms with Gasteiger partial charge in [0, 0.05) is 6.54 Å². The van der Waals surface area contributed by atoms with Crippen LogP contribution in [0.4, 0.5) is 11.9 Å². The van der Waals surface area contributed by atoms with Crippen LogP contribution in [0, 0.1) is 6.92 Å². The molecule has 2 aromatic rings. The predicted molar refractivity (Wildman–Crippen MR) is 78.8 cm³/mol. The number of nitrogen functional groups attached to an aromatic ring is 1. The van der Waals surface area contributed by atoms with Crippen molar-refractivity contribution in [2.24, 2.45) is 0 Å². The third-order valence-corrected chi connectivity index (χ3v) is 2.84. The number of hydrogen-bond donors (Lipinski definition) is 2. The lowest BCUT2D eigenvalue weighted by atomic mass is 10.1. The number of hydrogen-bond acceptors (Lipinski definition) is 6. The molecule has 20 heavy (non-hydrogen) atoms. The molecule has 6 nitrogen and oxygen atoms in total. The zero-order valence-electron chi connectivity index (χ0n) is 11.8. The van der Waals surface area contributed by atoms with E-state index < -0.39 is 0 Å². The molecular formula is C14H19N5O. The SMILES string of the molecule is CCOc1nc(N)nc(NCCc2ccccc2C)n1. The number of aryl methyl sites for hydroxylation is 1. The van der Waals surface area contributed by atoms with E-state index in [1.54, 1.807) is 0 Å². The van der Waals surface area contributed by atoms with Crippen molar-refractivity contribution in [2.75, 3.05) is 24.2 Å². The standard InChI is InChI=1S/C14H19N5O/c1-3-20-14-18-12(15)17-13(19-14)16-9-8-11-7-5-4-6-10(11)2/h4-7H,3,8-9H2,1-2H3,(H3,15,16,17,18,19). The first-order valence-electron chi connectivity index (χ1n) is 6.61. The molecule has 0 saturated heterocycles. The van der Waals surface area contributed by atoms with Crippen molar-refractivity contribution < 1.29 is 4.74 Å². The van der Waals surface area contributed by atoms with E-state index in [-0.39, 0.29) is 12.0 Å². The van der Waals surface area contributed by atoms with Gasteiger partial charge in [0.1, 0.15) is 0 Å². The Hall–Kier alpha value is -2.37. The molecule has 0 aliphatic carbocycles. The number of nitrogens with two attached hydrogens (primary N) is 1. The average Bonchev–Trinajstić information content (AvgIpc) is 2.41. The lowest BCUT2D eigenvalue weighted by Gasteiger charge is -2.08. The van der Waals surface area contributed by atoms with Crippen LogP contribution in [0.15, 0.2) is 24.3 Å². The van der Waals surface area contributed by atoms with Gasteiger partial charge in [0.25, 0.3) is 0 Å². The van der Waals surface area contributed by atoms with Crippen LogP contribution in [0.3, 0.4) is 0 Å². The van der Waals surface area contributed by atoms with Crippen LogP contribution in [0.1, 0.15) is 18.1 Å². The summed E-state index contributed by atoms with van der Waals surface area (Å²) in [4.78, 5) is 12.1.